The molecule has 30 heavy (non-hydrogen) atoms. The second-order valence-corrected chi connectivity index (χ2v) is 7.11. The highest BCUT2D eigenvalue weighted by atomic mass is 19.1. The molecule has 0 saturated heterocycles. The van der Waals surface area contributed by atoms with E-state index in [1.165, 1.54) is 42.5 Å². The molecule has 0 aromatic heterocycles. The first-order valence-electron chi connectivity index (χ1n) is 9.34. The number of aryl methyl sites for hydroxylation is 2. The van der Waals surface area contributed by atoms with Gasteiger partial charge in [0.05, 0.1) is 11.3 Å². The molecule has 0 spiro atoms. The number of nitrogens with zero attached hydrogens (tertiary/aromatic N) is 1. The lowest BCUT2D eigenvalue weighted by Crippen LogP contribution is -2.32. The van der Waals surface area contributed by atoms with E-state index in [2.05, 4.69) is 5.32 Å². The predicted octanol–water partition coefficient (Wildman–Crippen LogP) is 4.98. The minimum absolute atomic E-state index is 0.00966. The maximum absolute atomic E-state index is 13.6. The summed E-state index contributed by atoms with van der Waals surface area (Å²) in [5.41, 5.74) is 3.22. The van der Waals surface area contributed by atoms with Gasteiger partial charge in [0.25, 0.3) is 11.8 Å². The van der Waals surface area contributed by atoms with Crippen LogP contribution >= 0.6 is 0 Å². The van der Waals surface area contributed by atoms with Gasteiger partial charge < -0.3 is 5.32 Å². The lowest BCUT2D eigenvalue weighted by molar-refractivity contribution is -0.120. The molecular weight excluding hydrogens is 386 g/mol. The van der Waals surface area contributed by atoms with Crippen LogP contribution < -0.4 is 10.2 Å². The molecule has 3 aromatic rings. The molecular formula is C24H18F2N2O2. The molecule has 4 rings (SSSR count). The van der Waals surface area contributed by atoms with Crippen molar-refractivity contribution in [1.29, 1.82) is 0 Å². The number of hydrogen-bond acceptors (Lipinski definition) is 3. The van der Waals surface area contributed by atoms with E-state index < -0.39 is 23.4 Å². The Labute approximate surface area is 172 Å². The van der Waals surface area contributed by atoms with Gasteiger partial charge >= 0.3 is 0 Å². The van der Waals surface area contributed by atoms with Gasteiger partial charge in [-0.2, -0.15) is 0 Å². The Morgan fingerprint density at radius 1 is 0.767 bits per heavy atom. The number of carbonyl (C=O) groups is 2. The molecule has 0 aliphatic carbocycles. The Kier molecular flexibility index (Phi) is 4.91. The van der Waals surface area contributed by atoms with E-state index in [0.717, 1.165) is 16.0 Å². The predicted molar refractivity (Wildman–Crippen MR) is 112 cm³/mol. The fourth-order valence-electron chi connectivity index (χ4n) is 3.34. The summed E-state index contributed by atoms with van der Waals surface area (Å²) in [5.74, 6) is -2.03. The Bertz CT molecular complexity index is 1200. The van der Waals surface area contributed by atoms with Crippen molar-refractivity contribution in [3.8, 4) is 0 Å². The van der Waals surface area contributed by atoms with Gasteiger partial charge in [-0.15, -0.1) is 0 Å². The normalized spacial score (nSPS) is 13.9. The van der Waals surface area contributed by atoms with Crippen LogP contribution in [0.15, 0.2) is 72.4 Å². The minimum Gasteiger partial charge on any atom is -0.350 e. The largest absolute Gasteiger partial charge is 0.350 e. The van der Waals surface area contributed by atoms with Crippen LogP contribution in [0.5, 0.6) is 0 Å². The highest BCUT2D eigenvalue weighted by Crippen LogP contribution is 2.34. The molecule has 0 atom stereocenters. The molecule has 6 heteroatoms. The molecule has 0 fully saturated rings. The molecule has 1 heterocycles. The molecule has 2 amide bonds. The molecule has 4 nitrogen and oxygen atoms in total. The summed E-state index contributed by atoms with van der Waals surface area (Å²) in [4.78, 5) is 27.7. The quantitative estimate of drug-likeness (QED) is 0.624. The minimum atomic E-state index is -0.563. The smallest absolute Gasteiger partial charge is 0.282 e. The number of carbonyl (C=O) groups excluding carboxylic acids is 2. The van der Waals surface area contributed by atoms with Crippen LogP contribution in [0.3, 0.4) is 0 Å². The van der Waals surface area contributed by atoms with Crippen molar-refractivity contribution < 1.29 is 18.4 Å². The van der Waals surface area contributed by atoms with Gasteiger partial charge in [-0.1, -0.05) is 24.3 Å². The summed E-state index contributed by atoms with van der Waals surface area (Å²) < 4.78 is 27.1. The van der Waals surface area contributed by atoms with Gasteiger partial charge in [0.1, 0.15) is 17.3 Å². The summed E-state index contributed by atoms with van der Waals surface area (Å²) in [7, 11) is 0. The highest BCUT2D eigenvalue weighted by molar-refractivity contribution is 6.46. The average molecular weight is 404 g/mol. The number of amides is 2. The molecule has 150 valence electrons. The van der Waals surface area contributed by atoms with Gasteiger partial charge in [-0.25, -0.2) is 13.7 Å². The number of benzene rings is 3. The summed E-state index contributed by atoms with van der Waals surface area (Å²) in [6, 6.07) is 16.2. The van der Waals surface area contributed by atoms with E-state index in [4.69, 9.17) is 0 Å². The zero-order chi connectivity index (χ0) is 21.4. The first-order valence-corrected chi connectivity index (χ1v) is 9.34. The first kappa shape index (κ1) is 19.5. The van der Waals surface area contributed by atoms with E-state index >= 15 is 0 Å². The second-order valence-electron chi connectivity index (χ2n) is 7.11. The van der Waals surface area contributed by atoms with Gasteiger partial charge in [0, 0.05) is 5.69 Å². The Balaban J connectivity index is 1.83. The molecule has 3 aromatic carbocycles. The number of hydrogen-bond donors (Lipinski definition) is 1. The molecule has 0 radical (unpaired) electrons. The topological polar surface area (TPSA) is 49.4 Å². The summed E-state index contributed by atoms with van der Waals surface area (Å²) in [5, 5.41) is 2.88. The number of nitrogens with one attached hydrogen (secondary N) is 1. The van der Waals surface area contributed by atoms with Crippen molar-refractivity contribution in [3.05, 3.63) is 101 Å². The van der Waals surface area contributed by atoms with E-state index in [-0.39, 0.29) is 11.3 Å². The Morgan fingerprint density at radius 2 is 1.50 bits per heavy atom. The van der Waals surface area contributed by atoms with Crippen LogP contribution in [0.4, 0.5) is 20.2 Å². The van der Waals surface area contributed by atoms with Gasteiger partial charge in [-0.3, -0.25) is 9.59 Å². The summed E-state index contributed by atoms with van der Waals surface area (Å²) >= 11 is 0. The number of rotatable bonds is 4. The van der Waals surface area contributed by atoms with Crippen molar-refractivity contribution >= 4 is 28.8 Å². The SMILES string of the molecule is Cc1ccc(N2C(=O)C(Nc3cccc(F)c3)=C(c3ccc(F)cc3)C2=O)cc1C. The molecule has 1 N–H and O–H groups in total. The fraction of sp³-hybridized carbons (Fsp3) is 0.0833. The van der Waals surface area contributed by atoms with Crippen molar-refractivity contribution in [2.45, 2.75) is 13.8 Å². The van der Waals surface area contributed by atoms with E-state index in [0.29, 0.717) is 16.9 Å². The standard InChI is InChI=1S/C24H18F2N2O2/c1-14-6-11-20(12-15(14)2)28-23(29)21(16-7-9-17(25)10-8-16)22(24(28)30)27-19-5-3-4-18(26)13-19/h3-13,27H,1-2H3. The van der Waals surface area contributed by atoms with Crippen LogP contribution in [0.25, 0.3) is 5.57 Å². The third kappa shape index (κ3) is 3.48. The van der Waals surface area contributed by atoms with Crippen molar-refractivity contribution in [2.24, 2.45) is 0 Å². The Morgan fingerprint density at radius 3 is 2.17 bits per heavy atom. The maximum atomic E-state index is 13.6. The number of halogens is 2. The average Bonchev–Trinajstić information content (AvgIpc) is 2.95. The summed E-state index contributed by atoms with van der Waals surface area (Å²) in [6.07, 6.45) is 0. The van der Waals surface area contributed by atoms with Crippen LogP contribution in [0.1, 0.15) is 16.7 Å². The van der Waals surface area contributed by atoms with Crippen LogP contribution in [0, 0.1) is 25.5 Å². The first-order chi connectivity index (χ1) is 14.3. The zero-order valence-electron chi connectivity index (χ0n) is 16.4. The third-order valence-corrected chi connectivity index (χ3v) is 5.06. The molecule has 1 aliphatic heterocycles. The van der Waals surface area contributed by atoms with Crippen molar-refractivity contribution in [2.75, 3.05) is 10.2 Å². The monoisotopic (exact) mass is 404 g/mol. The van der Waals surface area contributed by atoms with E-state index in [1.54, 1.807) is 18.2 Å². The molecule has 1 aliphatic rings. The third-order valence-electron chi connectivity index (χ3n) is 5.06. The molecule has 0 bridgehead atoms. The van der Waals surface area contributed by atoms with Crippen molar-refractivity contribution in [1.82, 2.24) is 0 Å². The van der Waals surface area contributed by atoms with Gasteiger partial charge in [-0.05, 0) is 73.0 Å². The molecule has 0 unspecified atom stereocenters. The van der Waals surface area contributed by atoms with E-state index in [1.807, 2.05) is 19.9 Å². The van der Waals surface area contributed by atoms with E-state index in [9.17, 15) is 18.4 Å². The number of imide groups is 1. The lowest BCUT2D eigenvalue weighted by Gasteiger charge is -2.17. The molecule has 0 saturated carbocycles. The van der Waals surface area contributed by atoms with Crippen LogP contribution in [-0.4, -0.2) is 11.8 Å². The van der Waals surface area contributed by atoms with Gasteiger partial charge in [0.15, 0.2) is 0 Å². The number of anilines is 2. The maximum Gasteiger partial charge on any atom is 0.282 e. The zero-order valence-corrected chi connectivity index (χ0v) is 16.4. The second kappa shape index (κ2) is 7.55. The lowest BCUT2D eigenvalue weighted by atomic mass is 10.0. The van der Waals surface area contributed by atoms with Crippen molar-refractivity contribution in [3.63, 3.8) is 0 Å². The van der Waals surface area contributed by atoms with Gasteiger partial charge in [0.2, 0.25) is 0 Å². The van der Waals surface area contributed by atoms with Crippen LogP contribution in [0.2, 0.25) is 0 Å². The fourth-order valence-corrected chi connectivity index (χ4v) is 3.34. The Hall–Kier alpha value is -3.80. The van der Waals surface area contributed by atoms with Crippen LogP contribution in [-0.2, 0) is 9.59 Å². The summed E-state index contributed by atoms with van der Waals surface area (Å²) in [6.45, 7) is 3.83. The highest BCUT2D eigenvalue weighted by Gasteiger charge is 2.40.